The molecule has 102 valence electrons. The number of carbonyl (C=O) groups excluding carboxylic acids is 1. The first-order valence-electron chi connectivity index (χ1n) is 7.14. The molecule has 0 radical (unpaired) electrons. The van der Waals surface area contributed by atoms with Crippen LogP contribution in [-0.4, -0.2) is 34.0 Å². The molecule has 4 nitrogen and oxygen atoms in total. The maximum absolute atomic E-state index is 12.0. The van der Waals surface area contributed by atoms with E-state index in [4.69, 9.17) is 0 Å². The van der Waals surface area contributed by atoms with Crippen molar-refractivity contribution >= 4 is 11.9 Å². The molecular formula is C14H23NO3. The summed E-state index contributed by atoms with van der Waals surface area (Å²) in [6.07, 6.45) is 6.62. The molecule has 0 atom stereocenters. The number of carboxylic acids is 1. The molecule has 1 saturated carbocycles. The Morgan fingerprint density at radius 2 is 2.06 bits per heavy atom. The van der Waals surface area contributed by atoms with E-state index in [2.05, 4.69) is 6.92 Å². The second-order valence-corrected chi connectivity index (χ2v) is 5.69. The molecule has 1 aliphatic heterocycles. The average molecular weight is 253 g/mol. The van der Waals surface area contributed by atoms with Crippen molar-refractivity contribution in [2.75, 3.05) is 6.54 Å². The predicted octanol–water partition coefficient (Wildman–Crippen LogP) is 2.42. The lowest BCUT2D eigenvalue weighted by Crippen LogP contribution is -2.59. The van der Waals surface area contributed by atoms with Gasteiger partial charge in [0.15, 0.2) is 0 Å². The van der Waals surface area contributed by atoms with Crippen LogP contribution in [0.1, 0.15) is 58.3 Å². The smallest absolute Gasteiger partial charge is 0.329 e. The summed E-state index contributed by atoms with van der Waals surface area (Å²) in [5.74, 6) is -0.122. The van der Waals surface area contributed by atoms with Gasteiger partial charge in [-0.05, 0) is 44.4 Å². The molecule has 18 heavy (non-hydrogen) atoms. The third-order valence-corrected chi connectivity index (χ3v) is 4.75. The van der Waals surface area contributed by atoms with Crippen LogP contribution in [0.3, 0.4) is 0 Å². The highest BCUT2D eigenvalue weighted by atomic mass is 16.4. The Hall–Kier alpha value is -1.06. The van der Waals surface area contributed by atoms with Crippen LogP contribution in [-0.2, 0) is 9.59 Å². The molecule has 0 bridgehead atoms. The van der Waals surface area contributed by atoms with Crippen molar-refractivity contribution < 1.29 is 14.7 Å². The fourth-order valence-electron chi connectivity index (χ4n) is 3.42. The standard InChI is InChI=1S/C14H23NO3/c1-2-11-6-8-14(9-7-11,13(17)18)15-10-4-3-5-12(15)16/h11H,2-10H2,1H3,(H,17,18). The summed E-state index contributed by atoms with van der Waals surface area (Å²) in [4.78, 5) is 25.4. The highest BCUT2D eigenvalue weighted by Gasteiger charge is 2.48. The van der Waals surface area contributed by atoms with Gasteiger partial charge in [0.05, 0.1) is 0 Å². The van der Waals surface area contributed by atoms with Crippen LogP contribution in [0.25, 0.3) is 0 Å². The van der Waals surface area contributed by atoms with E-state index < -0.39 is 11.5 Å². The van der Waals surface area contributed by atoms with E-state index in [1.54, 1.807) is 4.90 Å². The Morgan fingerprint density at radius 1 is 1.39 bits per heavy atom. The van der Waals surface area contributed by atoms with Gasteiger partial charge in [-0.1, -0.05) is 13.3 Å². The Balaban J connectivity index is 2.17. The lowest BCUT2D eigenvalue weighted by Gasteiger charge is -2.46. The topological polar surface area (TPSA) is 57.6 Å². The van der Waals surface area contributed by atoms with E-state index in [-0.39, 0.29) is 5.91 Å². The van der Waals surface area contributed by atoms with Gasteiger partial charge in [-0.2, -0.15) is 0 Å². The second-order valence-electron chi connectivity index (χ2n) is 5.69. The Labute approximate surface area is 108 Å². The summed E-state index contributed by atoms with van der Waals surface area (Å²) in [7, 11) is 0. The van der Waals surface area contributed by atoms with Crippen LogP contribution in [0.4, 0.5) is 0 Å². The number of hydrogen-bond acceptors (Lipinski definition) is 2. The van der Waals surface area contributed by atoms with E-state index in [0.717, 1.165) is 32.1 Å². The van der Waals surface area contributed by atoms with Gasteiger partial charge in [0.1, 0.15) is 5.54 Å². The van der Waals surface area contributed by atoms with Gasteiger partial charge in [-0.3, -0.25) is 4.79 Å². The third-order valence-electron chi connectivity index (χ3n) is 4.75. The SMILES string of the molecule is CCC1CCC(C(=O)O)(N2CCCCC2=O)CC1. The zero-order valence-electron chi connectivity index (χ0n) is 11.2. The second kappa shape index (κ2) is 5.29. The molecule has 1 heterocycles. The molecule has 0 aromatic heterocycles. The summed E-state index contributed by atoms with van der Waals surface area (Å²) in [5.41, 5.74) is -0.900. The Bertz CT molecular complexity index is 332. The molecule has 2 fully saturated rings. The number of aliphatic carboxylic acids is 1. The number of likely N-dealkylation sites (tertiary alicyclic amines) is 1. The normalized spacial score (nSPS) is 33.5. The minimum Gasteiger partial charge on any atom is -0.479 e. The fraction of sp³-hybridized carbons (Fsp3) is 0.857. The number of amides is 1. The first-order chi connectivity index (χ1) is 8.60. The van der Waals surface area contributed by atoms with Gasteiger partial charge >= 0.3 is 5.97 Å². The van der Waals surface area contributed by atoms with Crippen molar-refractivity contribution in [2.45, 2.75) is 63.8 Å². The van der Waals surface area contributed by atoms with Crippen LogP contribution in [0.15, 0.2) is 0 Å². The summed E-state index contributed by atoms with van der Waals surface area (Å²) < 4.78 is 0. The minimum absolute atomic E-state index is 0.0404. The summed E-state index contributed by atoms with van der Waals surface area (Å²) >= 11 is 0. The first kappa shape index (κ1) is 13.4. The third kappa shape index (κ3) is 2.25. The minimum atomic E-state index is -0.900. The number of rotatable bonds is 3. The summed E-state index contributed by atoms with van der Waals surface area (Å²) in [5, 5.41) is 9.62. The van der Waals surface area contributed by atoms with Crippen molar-refractivity contribution in [1.29, 1.82) is 0 Å². The lowest BCUT2D eigenvalue weighted by atomic mass is 9.74. The first-order valence-corrected chi connectivity index (χ1v) is 7.14. The monoisotopic (exact) mass is 253 g/mol. The quantitative estimate of drug-likeness (QED) is 0.840. The molecule has 1 amide bonds. The highest BCUT2D eigenvalue weighted by molar-refractivity contribution is 5.87. The molecule has 2 aliphatic rings. The summed E-state index contributed by atoms with van der Waals surface area (Å²) in [6.45, 7) is 2.78. The van der Waals surface area contributed by atoms with Crippen LogP contribution in [0.2, 0.25) is 0 Å². The van der Waals surface area contributed by atoms with Crippen LogP contribution in [0.5, 0.6) is 0 Å². The van der Waals surface area contributed by atoms with Crippen LogP contribution >= 0.6 is 0 Å². The highest BCUT2D eigenvalue weighted by Crippen LogP contribution is 2.39. The molecule has 0 aromatic rings. The van der Waals surface area contributed by atoms with Gasteiger partial charge in [0, 0.05) is 13.0 Å². The number of piperidine rings is 1. The van der Waals surface area contributed by atoms with Gasteiger partial charge in [-0.25, -0.2) is 4.79 Å². The van der Waals surface area contributed by atoms with Crippen molar-refractivity contribution in [3.63, 3.8) is 0 Å². The van der Waals surface area contributed by atoms with E-state index in [1.807, 2.05) is 0 Å². The fourth-order valence-corrected chi connectivity index (χ4v) is 3.42. The van der Waals surface area contributed by atoms with Crippen molar-refractivity contribution in [1.82, 2.24) is 4.90 Å². The molecule has 1 N–H and O–H groups in total. The summed E-state index contributed by atoms with van der Waals surface area (Å²) in [6, 6.07) is 0. The van der Waals surface area contributed by atoms with Crippen molar-refractivity contribution in [3.05, 3.63) is 0 Å². The molecule has 2 rings (SSSR count). The molecule has 0 unspecified atom stereocenters. The van der Waals surface area contributed by atoms with Crippen molar-refractivity contribution in [2.24, 2.45) is 5.92 Å². The van der Waals surface area contributed by atoms with Gasteiger partial charge in [-0.15, -0.1) is 0 Å². The number of hydrogen-bond donors (Lipinski definition) is 1. The number of carboxylic acid groups (broad SMARTS) is 1. The van der Waals surface area contributed by atoms with Gasteiger partial charge in [0.25, 0.3) is 0 Å². The van der Waals surface area contributed by atoms with Gasteiger partial charge in [0.2, 0.25) is 5.91 Å². The molecular weight excluding hydrogens is 230 g/mol. The maximum Gasteiger partial charge on any atom is 0.329 e. The van der Waals surface area contributed by atoms with E-state index >= 15 is 0 Å². The van der Waals surface area contributed by atoms with Crippen molar-refractivity contribution in [3.8, 4) is 0 Å². The largest absolute Gasteiger partial charge is 0.479 e. The Morgan fingerprint density at radius 3 is 2.56 bits per heavy atom. The van der Waals surface area contributed by atoms with Crippen LogP contribution < -0.4 is 0 Å². The van der Waals surface area contributed by atoms with Crippen LogP contribution in [0, 0.1) is 5.92 Å². The zero-order valence-corrected chi connectivity index (χ0v) is 11.2. The predicted molar refractivity (Wildman–Crippen MR) is 68.2 cm³/mol. The van der Waals surface area contributed by atoms with E-state index in [9.17, 15) is 14.7 Å². The zero-order chi connectivity index (χ0) is 13.2. The molecule has 1 saturated heterocycles. The molecule has 4 heteroatoms. The molecule has 0 spiro atoms. The van der Waals surface area contributed by atoms with E-state index in [1.165, 1.54) is 0 Å². The molecule has 1 aliphatic carbocycles. The molecule has 0 aromatic carbocycles. The maximum atomic E-state index is 12.0. The average Bonchev–Trinajstić information content (AvgIpc) is 2.39. The number of carbonyl (C=O) groups is 2. The Kier molecular flexibility index (Phi) is 3.93. The van der Waals surface area contributed by atoms with Gasteiger partial charge < -0.3 is 10.0 Å². The number of nitrogens with zero attached hydrogens (tertiary/aromatic N) is 1. The van der Waals surface area contributed by atoms with E-state index in [0.29, 0.717) is 31.7 Å². The lowest BCUT2D eigenvalue weighted by molar-refractivity contribution is -0.164.